The average molecular weight is 1960 g/mol. The van der Waals surface area contributed by atoms with Gasteiger partial charge in [-0.25, -0.2) is 0 Å². The van der Waals surface area contributed by atoms with Gasteiger partial charge >= 0.3 is 71.6 Å². The van der Waals surface area contributed by atoms with Crippen molar-refractivity contribution in [1.29, 1.82) is 0 Å². The van der Waals surface area contributed by atoms with Gasteiger partial charge in [0, 0.05) is 241 Å². The Morgan fingerprint density at radius 2 is 0.285 bits per heavy atom. The molecule has 4 aliphatic heterocycles. The van der Waals surface area contributed by atoms with Gasteiger partial charge in [0.1, 0.15) is 0 Å². The fourth-order valence-corrected chi connectivity index (χ4v) is 15.6. The molecule has 20 N–H and O–H groups in total. The van der Waals surface area contributed by atoms with Crippen molar-refractivity contribution in [2.24, 2.45) is 5.41 Å². The zero-order chi connectivity index (χ0) is 102. The zero-order valence-corrected chi connectivity index (χ0v) is 78.3. The first-order valence-corrected chi connectivity index (χ1v) is 45.1. The van der Waals surface area contributed by atoms with Gasteiger partial charge in [-0.15, -0.1) is 0 Å². The molecule has 4 atom stereocenters. The quantitative estimate of drug-likeness (QED) is 0.0269. The van der Waals surface area contributed by atoms with Crippen LogP contribution in [0.1, 0.15) is 27.7 Å². The maximum Gasteiger partial charge on any atom is 0.317 e. The molecule has 0 aromatic heterocycles. The van der Waals surface area contributed by atoms with Gasteiger partial charge in [-0.3, -0.25) is 174 Å². The normalized spacial score (nSPS) is 19.2. The number of carboxylic acid groups (broad SMARTS) is 12. The van der Waals surface area contributed by atoms with Gasteiger partial charge in [-0.2, -0.15) is 0 Å². The van der Waals surface area contributed by atoms with Crippen LogP contribution in [0.4, 0.5) is 0 Å². The molecule has 0 radical (unpaired) electrons. The molecule has 0 bridgehead atoms. The van der Waals surface area contributed by atoms with Crippen molar-refractivity contribution in [1.82, 2.24) is 121 Å². The zero-order valence-electron chi connectivity index (χ0n) is 78.3. The van der Waals surface area contributed by atoms with Crippen LogP contribution in [0, 0.1) is 5.41 Å². The fourth-order valence-electron chi connectivity index (χ4n) is 15.6. The summed E-state index contributed by atoms with van der Waals surface area (Å²) in [5.41, 5.74) is -1.89. The SMILES string of the molecule is C[C@@H](C(=O)NCC(=O)NCC(CNC(=O)CNC(=O)[C@H](C)N1CCN(CC(=O)O)CCN(CC(=O)O)CCN(CC(=O)O)CC1)(CNC(=O)CNC(=O)[C@H](C)N1CCN(CC(=O)O)CCN(CC(=O)O)CCN(CC(=O)O)CC1)CNC(=O)CNC(=O)[C@H](C)N1CCN(CC(=O)O)CCN(CC(=O)O)CCN(CC(=O)O)CC1)N1CCN(CC(=O)O)CCN(CC(=O)O)CCN(CC(=O)O)CC1. The first kappa shape index (κ1) is 118. The monoisotopic (exact) mass is 1960 g/mol. The second kappa shape index (κ2) is 62.6. The molecule has 0 aromatic rings. The van der Waals surface area contributed by atoms with E-state index in [2.05, 4.69) is 42.5 Å². The molecule has 8 amide bonds. The van der Waals surface area contributed by atoms with Gasteiger partial charge in [-0.1, -0.05) is 0 Å². The highest BCUT2D eigenvalue weighted by molar-refractivity contribution is 5.90. The molecule has 4 fully saturated rings. The Labute approximate surface area is 791 Å². The molecule has 776 valence electrons. The number of carbonyl (C=O) groups is 20. The van der Waals surface area contributed by atoms with Crippen LogP contribution < -0.4 is 42.5 Å². The Hall–Kier alpha value is -11.2. The minimum Gasteiger partial charge on any atom is -0.480 e. The van der Waals surface area contributed by atoms with E-state index in [-0.39, 0.29) is 209 Å². The summed E-state index contributed by atoms with van der Waals surface area (Å²) in [6.07, 6.45) is 0. The number of hydrogen-bond acceptors (Lipinski definition) is 36. The molecule has 0 aliphatic carbocycles. The molecule has 4 aliphatic rings. The molecule has 4 heterocycles. The lowest BCUT2D eigenvalue weighted by molar-refractivity contribution is -0.141. The summed E-state index contributed by atoms with van der Waals surface area (Å²) in [6.45, 7) is -5.00. The van der Waals surface area contributed by atoms with Crippen LogP contribution in [0.15, 0.2) is 0 Å². The van der Waals surface area contributed by atoms with Crippen molar-refractivity contribution in [3.8, 4) is 0 Å². The first-order chi connectivity index (χ1) is 64.6. The molecule has 137 heavy (non-hydrogen) atoms. The summed E-state index contributed by atoms with van der Waals surface area (Å²) in [4.78, 5) is 284. The van der Waals surface area contributed by atoms with Gasteiger partial charge in [0.25, 0.3) is 0 Å². The van der Waals surface area contributed by atoms with Crippen LogP contribution in [0.5, 0.6) is 0 Å². The lowest BCUT2D eigenvalue weighted by atomic mass is 9.86. The number of nitrogens with zero attached hydrogens (tertiary/aromatic N) is 16. The summed E-state index contributed by atoms with van der Waals surface area (Å²) in [5, 5.41) is 138. The van der Waals surface area contributed by atoms with Crippen molar-refractivity contribution >= 4 is 119 Å². The van der Waals surface area contributed by atoms with Gasteiger partial charge in [-0.05, 0) is 27.7 Å². The third kappa shape index (κ3) is 50.6. The molecule has 0 unspecified atom stereocenters. The Morgan fingerprint density at radius 3 is 0.387 bits per heavy atom. The van der Waals surface area contributed by atoms with E-state index in [1.807, 2.05) is 0 Å². The summed E-state index contributed by atoms with van der Waals surface area (Å²) >= 11 is 0. The van der Waals surface area contributed by atoms with E-state index >= 15 is 0 Å². The van der Waals surface area contributed by atoms with Crippen LogP contribution in [0.25, 0.3) is 0 Å². The number of aliphatic carboxylic acids is 12. The third-order valence-corrected chi connectivity index (χ3v) is 23.8. The van der Waals surface area contributed by atoms with Crippen LogP contribution in [0.2, 0.25) is 0 Å². The Kier molecular flexibility index (Phi) is 53.9. The highest BCUT2D eigenvalue weighted by Gasteiger charge is 2.37. The van der Waals surface area contributed by atoms with Crippen LogP contribution in [-0.4, -0.2) is 623 Å². The van der Waals surface area contributed by atoms with E-state index < -0.39 is 279 Å². The predicted octanol–water partition coefficient (Wildman–Crippen LogP) is -13.6. The lowest BCUT2D eigenvalue weighted by Crippen LogP contribution is -2.59. The van der Waals surface area contributed by atoms with Crippen molar-refractivity contribution in [3.05, 3.63) is 0 Å². The van der Waals surface area contributed by atoms with Crippen LogP contribution >= 0.6 is 0 Å². The van der Waals surface area contributed by atoms with E-state index in [4.69, 9.17) is 0 Å². The number of nitrogens with one attached hydrogen (secondary N) is 8. The molecule has 4 rings (SSSR count). The second-order valence-electron chi connectivity index (χ2n) is 34.4. The van der Waals surface area contributed by atoms with Gasteiger partial charge in [0.15, 0.2) is 0 Å². The standard InChI is InChI=1S/C81H140N24O32/c1-57(102-29-21-94(45-69(118)119)13-5-90(41-65(110)111)6-14-95(22-30-102)46-70(120)121)77(134)82-37-61(106)86-53-81(54-87-62(107)38-83-78(135)58(2)103-31-23-96(47-71(122)123)15-7-91(42-66(112)113)8-16-97(24-32-103)48-72(124)125,55-88-63(108)39-84-79(136)59(3)104-33-25-98(49-73(126)127)17-9-92(43-67(114)115)10-18-99(26-34-104)50-74(128)129)56-89-64(109)40-85-80(137)60(4)105-35-27-100(51-75(130)131)19-11-93(44-68(116)117)12-20-101(28-36-105)52-76(132)133/h57-60H,5-56H2,1-4H3,(H,82,134)(H,83,135)(H,84,136)(H,85,137)(H,86,106)(H,87,107)(H,88,108)(H,89,109)(H,110,111)(H,112,113)(H,114,115)(H,116,117)(H,118,119)(H,120,121)(H,122,123)(H,124,125)(H,126,127)(H,128,129)(H,130,131)(H,132,133)/t57-,58-,59-,60-/m0/s1. The maximum absolute atomic E-state index is 14.5. The molecular weight excluding hydrogens is 1820 g/mol. The second-order valence-corrected chi connectivity index (χ2v) is 34.4. The smallest absolute Gasteiger partial charge is 0.317 e. The topological polar surface area (TPSA) is 732 Å². The van der Waals surface area contributed by atoms with E-state index in [0.29, 0.717) is 0 Å². The maximum atomic E-state index is 14.5. The molecule has 0 aromatic carbocycles. The Morgan fingerprint density at radius 1 is 0.182 bits per heavy atom. The minimum atomic E-state index is -1.89. The molecule has 0 saturated carbocycles. The number of amides is 8. The third-order valence-electron chi connectivity index (χ3n) is 23.8. The highest BCUT2D eigenvalue weighted by Crippen LogP contribution is 2.17. The number of rotatable bonds is 48. The minimum absolute atomic E-state index is 0.00177. The molecule has 0 spiro atoms. The molecular formula is C81H140N24O32. The van der Waals surface area contributed by atoms with Crippen molar-refractivity contribution < 1.29 is 157 Å². The lowest BCUT2D eigenvalue weighted by Gasteiger charge is -2.36. The van der Waals surface area contributed by atoms with E-state index in [9.17, 15) is 157 Å². The van der Waals surface area contributed by atoms with Crippen molar-refractivity contribution in [2.45, 2.75) is 51.9 Å². The summed E-state index contributed by atoms with van der Waals surface area (Å²) in [6, 6.07) is -4.54. The van der Waals surface area contributed by atoms with Crippen LogP contribution in [0.3, 0.4) is 0 Å². The molecule has 56 nitrogen and oxygen atoms in total. The highest BCUT2D eigenvalue weighted by atomic mass is 16.4. The van der Waals surface area contributed by atoms with Crippen molar-refractivity contribution in [3.63, 3.8) is 0 Å². The summed E-state index contributed by atoms with van der Waals surface area (Å²) < 4.78 is 0. The fraction of sp³-hybridized carbons (Fsp3) is 0.753. The van der Waals surface area contributed by atoms with Gasteiger partial charge in [0.2, 0.25) is 47.3 Å². The van der Waals surface area contributed by atoms with Crippen LogP contribution in [-0.2, 0) is 95.9 Å². The van der Waals surface area contributed by atoms with Gasteiger partial charge in [0.05, 0.1) is 129 Å². The Bertz CT molecular complexity index is 3390. The average Bonchev–Trinajstić information content (AvgIpc) is 0.844. The van der Waals surface area contributed by atoms with E-state index in [1.54, 1.807) is 19.6 Å². The first-order valence-electron chi connectivity index (χ1n) is 45.1. The number of carboxylic acids is 12. The predicted molar refractivity (Wildman–Crippen MR) is 480 cm³/mol. The number of carbonyl (C=O) groups excluding carboxylic acids is 8. The van der Waals surface area contributed by atoms with Gasteiger partial charge < -0.3 is 104 Å². The molecule has 56 heteroatoms. The molecule has 4 saturated heterocycles. The van der Waals surface area contributed by atoms with Crippen molar-refractivity contribution in [2.75, 3.05) is 340 Å². The summed E-state index contributed by atoms with van der Waals surface area (Å²) in [5.74, 6) is -21.4. The van der Waals surface area contributed by atoms with E-state index in [0.717, 1.165) is 0 Å². The number of hydrogen-bond donors (Lipinski definition) is 20. The summed E-state index contributed by atoms with van der Waals surface area (Å²) in [7, 11) is 0. The Balaban J connectivity index is 1.81. The largest absolute Gasteiger partial charge is 0.480 e. The van der Waals surface area contributed by atoms with E-state index in [1.165, 1.54) is 86.5 Å².